The minimum Gasteiger partial charge on any atom is -0.146 e. The van der Waals surface area contributed by atoms with Gasteiger partial charge in [0.1, 0.15) is 0 Å². The Kier molecular flexibility index (Phi) is 2.80. The Bertz CT molecular complexity index is 299. The quantitative estimate of drug-likeness (QED) is 0.696. The van der Waals surface area contributed by atoms with Crippen molar-refractivity contribution in [1.82, 2.24) is 0 Å². The standard InChI is InChI=1S/C11H15BrS/c1-7-5-10(8(2)13-7)11(12)6-9-3-4-9/h5,9,11H,3-4,6H2,1-2H3. The van der Waals surface area contributed by atoms with Crippen LogP contribution in [0, 0.1) is 19.8 Å². The van der Waals surface area contributed by atoms with E-state index in [1.807, 2.05) is 11.3 Å². The Morgan fingerprint density at radius 2 is 2.23 bits per heavy atom. The highest BCUT2D eigenvalue weighted by atomic mass is 79.9. The highest BCUT2D eigenvalue weighted by Gasteiger charge is 2.25. The van der Waals surface area contributed by atoms with Crippen molar-refractivity contribution < 1.29 is 0 Å². The number of hydrogen-bond acceptors (Lipinski definition) is 1. The highest BCUT2D eigenvalue weighted by molar-refractivity contribution is 9.09. The first-order valence-electron chi connectivity index (χ1n) is 4.88. The lowest BCUT2D eigenvalue weighted by Crippen LogP contribution is -1.90. The highest BCUT2D eigenvalue weighted by Crippen LogP contribution is 2.43. The molecule has 1 unspecified atom stereocenters. The first-order valence-corrected chi connectivity index (χ1v) is 6.61. The van der Waals surface area contributed by atoms with E-state index in [1.54, 1.807) is 0 Å². The summed E-state index contributed by atoms with van der Waals surface area (Å²) in [4.78, 5) is 3.53. The minimum absolute atomic E-state index is 0.602. The van der Waals surface area contributed by atoms with Gasteiger partial charge in [-0.1, -0.05) is 28.8 Å². The summed E-state index contributed by atoms with van der Waals surface area (Å²) in [5, 5.41) is 0. The molecule has 2 rings (SSSR count). The third-order valence-corrected chi connectivity index (χ3v) is 4.50. The van der Waals surface area contributed by atoms with Crippen LogP contribution in [0.4, 0.5) is 0 Å². The molecule has 0 aliphatic heterocycles. The molecule has 0 saturated heterocycles. The van der Waals surface area contributed by atoms with Crippen molar-refractivity contribution in [3.8, 4) is 0 Å². The van der Waals surface area contributed by atoms with Crippen LogP contribution in [0.2, 0.25) is 0 Å². The van der Waals surface area contributed by atoms with Crippen molar-refractivity contribution in [3.63, 3.8) is 0 Å². The van der Waals surface area contributed by atoms with E-state index in [1.165, 1.54) is 34.6 Å². The van der Waals surface area contributed by atoms with Gasteiger partial charge in [0, 0.05) is 14.6 Å². The molecular weight excluding hydrogens is 244 g/mol. The Hall–Kier alpha value is 0.180. The van der Waals surface area contributed by atoms with Gasteiger partial charge in [0.2, 0.25) is 0 Å². The summed E-state index contributed by atoms with van der Waals surface area (Å²) in [5.74, 6) is 1.00. The summed E-state index contributed by atoms with van der Waals surface area (Å²) in [5.41, 5.74) is 1.52. The molecule has 1 aromatic heterocycles. The van der Waals surface area contributed by atoms with Gasteiger partial charge in [-0.05, 0) is 37.8 Å². The lowest BCUT2D eigenvalue weighted by Gasteiger charge is -2.07. The van der Waals surface area contributed by atoms with Gasteiger partial charge in [-0.15, -0.1) is 11.3 Å². The van der Waals surface area contributed by atoms with Crippen LogP contribution in [0.1, 0.15) is 39.4 Å². The molecule has 0 amide bonds. The summed E-state index contributed by atoms with van der Waals surface area (Å²) in [6.45, 7) is 4.42. The molecule has 2 heteroatoms. The smallest absolute Gasteiger partial charge is 0.0408 e. The molecule has 1 aliphatic rings. The second kappa shape index (κ2) is 3.74. The Morgan fingerprint density at radius 3 is 2.69 bits per heavy atom. The van der Waals surface area contributed by atoms with E-state index in [0.717, 1.165) is 5.92 Å². The second-order valence-electron chi connectivity index (χ2n) is 4.02. The molecule has 0 spiro atoms. The van der Waals surface area contributed by atoms with E-state index in [2.05, 4.69) is 35.8 Å². The molecule has 0 aromatic carbocycles. The van der Waals surface area contributed by atoms with Gasteiger partial charge in [-0.3, -0.25) is 0 Å². The molecule has 72 valence electrons. The van der Waals surface area contributed by atoms with Gasteiger partial charge >= 0.3 is 0 Å². The lowest BCUT2D eigenvalue weighted by atomic mass is 10.1. The Balaban J connectivity index is 2.08. The van der Waals surface area contributed by atoms with Gasteiger partial charge in [0.15, 0.2) is 0 Å². The predicted molar refractivity (Wildman–Crippen MR) is 62.8 cm³/mol. The molecule has 13 heavy (non-hydrogen) atoms. The third kappa shape index (κ3) is 2.35. The number of alkyl halides is 1. The Labute approximate surface area is 92.5 Å². The molecular formula is C11H15BrS. The molecule has 0 nitrogen and oxygen atoms in total. The molecule has 1 atom stereocenters. The van der Waals surface area contributed by atoms with E-state index >= 15 is 0 Å². The third-order valence-electron chi connectivity index (χ3n) is 2.65. The summed E-state index contributed by atoms with van der Waals surface area (Å²) >= 11 is 5.71. The number of thiophene rings is 1. The fourth-order valence-electron chi connectivity index (χ4n) is 1.73. The van der Waals surface area contributed by atoms with Gasteiger partial charge in [-0.2, -0.15) is 0 Å². The van der Waals surface area contributed by atoms with Crippen molar-refractivity contribution in [2.24, 2.45) is 5.92 Å². The fourth-order valence-corrected chi connectivity index (χ4v) is 3.88. The van der Waals surface area contributed by atoms with Gasteiger partial charge in [0.05, 0.1) is 0 Å². The maximum atomic E-state index is 3.80. The van der Waals surface area contributed by atoms with Crippen molar-refractivity contribution >= 4 is 27.3 Å². The summed E-state index contributed by atoms with van der Waals surface area (Å²) in [7, 11) is 0. The number of hydrogen-bond donors (Lipinski definition) is 0. The number of aryl methyl sites for hydroxylation is 2. The van der Waals surface area contributed by atoms with Crippen molar-refractivity contribution in [3.05, 3.63) is 21.4 Å². The molecule has 1 saturated carbocycles. The van der Waals surface area contributed by atoms with Crippen LogP contribution >= 0.6 is 27.3 Å². The van der Waals surface area contributed by atoms with Crippen LogP contribution in [0.25, 0.3) is 0 Å². The lowest BCUT2D eigenvalue weighted by molar-refractivity contribution is 0.720. The molecule has 1 heterocycles. The fraction of sp³-hybridized carbons (Fsp3) is 0.636. The Morgan fingerprint density at radius 1 is 1.54 bits per heavy atom. The van der Waals surface area contributed by atoms with Crippen molar-refractivity contribution in [2.45, 2.75) is 37.9 Å². The molecule has 0 bridgehead atoms. The average molecular weight is 259 g/mol. The van der Waals surface area contributed by atoms with E-state index in [-0.39, 0.29) is 0 Å². The zero-order valence-corrected chi connectivity index (χ0v) is 10.5. The molecule has 0 radical (unpaired) electrons. The first kappa shape index (κ1) is 9.72. The molecule has 1 aliphatic carbocycles. The first-order chi connectivity index (χ1) is 6.16. The maximum absolute atomic E-state index is 3.80. The van der Waals surface area contributed by atoms with E-state index in [0.29, 0.717) is 4.83 Å². The van der Waals surface area contributed by atoms with Crippen molar-refractivity contribution in [1.29, 1.82) is 0 Å². The predicted octanol–water partition coefficient (Wildman–Crippen LogP) is 4.60. The molecule has 1 aromatic rings. The van der Waals surface area contributed by atoms with E-state index in [4.69, 9.17) is 0 Å². The summed E-state index contributed by atoms with van der Waals surface area (Å²) in [6, 6.07) is 2.34. The van der Waals surface area contributed by atoms with Crippen LogP contribution in [-0.4, -0.2) is 0 Å². The van der Waals surface area contributed by atoms with Gasteiger partial charge in [-0.25, -0.2) is 0 Å². The summed E-state index contributed by atoms with van der Waals surface area (Å²) < 4.78 is 0. The topological polar surface area (TPSA) is 0 Å². The number of halogens is 1. The zero-order valence-electron chi connectivity index (χ0n) is 8.14. The number of rotatable bonds is 3. The van der Waals surface area contributed by atoms with Gasteiger partial charge < -0.3 is 0 Å². The van der Waals surface area contributed by atoms with Crippen LogP contribution in [0.5, 0.6) is 0 Å². The van der Waals surface area contributed by atoms with Crippen LogP contribution < -0.4 is 0 Å². The zero-order chi connectivity index (χ0) is 9.42. The monoisotopic (exact) mass is 258 g/mol. The molecule has 0 N–H and O–H groups in total. The van der Waals surface area contributed by atoms with E-state index < -0.39 is 0 Å². The largest absolute Gasteiger partial charge is 0.146 e. The van der Waals surface area contributed by atoms with E-state index in [9.17, 15) is 0 Å². The van der Waals surface area contributed by atoms with Crippen LogP contribution in [0.3, 0.4) is 0 Å². The second-order valence-corrected chi connectivity index (χ2v) is 6.58. The normalized spacial score (nSPS) is 19.0. The average Bonchev–Trinajstić information content (AvgIpc) is 2.77. The maximum Gasteiger partial charge on any atom is 0.0408 e. The SMILES string of the molecule is Cc1cc(C(Br)CC2CC2)c(C)s1. The van der Waals surface area contributed by atoms with Crippen LogP contribution in [0.15, 0.2) is 6.07 Å². The van der Waals surface area contributed by atoms with Gasteiger partial charge in [0.25, 0.3) is 0 Å². The molecule has 1 fully saturated rings. The summed E-state index contributed by atoms with van der Waals surface area (Å²) in [6.07, 6.45) is 4.23. The van der Waals surface area contributed by atoms with Crippen LogP contribution in [-0.2, 0) is 0 Å². The minimum atomic E-state index is 0.602. The van der Waals surface area contributed by atoms with Crippen molar-refractivity contribution in [2.75, 3.05) is 0 Å².